The molecule has 0 spiro atoms. The number of hydrogen-bond acceptors (Lipinski definition) is 3. The second-order valence-electron chi connectivity index (χ2n) is 4.37. The summed E-state index contributed by atoms with van der Waals surface area (Å²) >= 11 is 0. The fourth-order valence-corrected chi connectivity index (χ4v) is 1.49. The molecule has 0 aliphatic carbocycles. The van der Waals surface area contributed by atoms with Crippen LogP contribution in [0.1, 0.15) is 18.9 Å². The number of amides is 1. The molecule has 1 atom stereocenters. The van der Waals surface area contributed by atoms with Crippen molar-refractivity contribution in [3.8, 4) is 0 Å². The van der Waals surface area contributed by atoms with Crippen molar-refractivity contribution >= 4 is 17.7 Å². The zero-order chi connectivity index (χ0) is 13.4. The van der Waals surface area contributed by atoms with Gasteiger partial charge in [-0.1, -0.05) is 19.1 Å². The van der Waals surface area contributed by atoms with Crippen LogP contribution in [0.3, 0.4) is 0 Å². The summed E-state index contributed by atoms with van der Waals surface area (Å²) in [7, 11) is 0. The highest BCUT2D eigenvalue weighted by Gasteiger charge is 2.02. The van der Waals surface area contributed by atoms with Crippen LogP contribution in [-0.4, -0.2) is 24.2 Å². The van der Waals surface area contributed by atoms with Crippen LogP contribution in [0.4, 0.5) is 5.69 Å². The van der Waals surface area contributed by atoms with E-state index < -0.39 is 0 Å². The Kier molecular flexibility index (Phi) is 5.94. The molecule has 0 saturated heterocycles. The van der Waals surface area contributed by atoms with Crippen molar-refractivity contribution in [2.45, 2.75) is 13.3 Å². The SMILES string of the molecule is CC(CCO)CNC(=O)/C=C/c1cccc(N)c1. The van der Waals surface area contributed by atoms with E-state index in [2.05, 4.69) is 5.32 Å². The number of nitrogens with one attached hydrogen (secondary N) is 1. The largest absolute Gasteiger partial charge is 0.399 e. The number of aliphatic hydroxyl groups excluding tert-OH is 1. The number of anilines is 1. The molecule has 1 rings (SSSR count). The van der Waals surface area contributed by atoms with Crippen molar-refractivity contribution < 1.29 is 9.90 Å². The highest BCUT2D eigenvalue weighted by atomic mass is 16.3. The van der Waals surface area contributed by atoms with E-state index in [-0.39, 0.29) is 18.4 Å². The standard InChI is InChI=1S/C14H20N2O2/c1-11(7-8-17)10-16-14(18)6-5-12-3-2-4-13(15)9-12/h2-6,9,11,17H,7-8,10,15H2,1H3,(H,16,18)/b6-5+. The Morgan fingerprint density at radius 2 is 2.33 bits per heavy atom. The molecule has 0 fully saturated rings. The number of rotatable bonds is 6. The lowest BCUT2D eigenvalue weighted by atomic mass is 10.1. The highest BCUT2D eigenvalue weighted by Crippen LogP contribution is 2.07. The molecule has 0 aliphatic rings. The van der Waals surface area contributed by atoms with Gasteiger partial charge >= 0.3 is 0 Å². The number of aliphatic hydroxyl groups is 1. The summed E-state index contributed by atoms with van der Waals surface area (Å²) in [4.78, 5) is 11.5. The molecule has 0 aromatic heterocycles. The first-order valence-corrected chi connectivity index (χ1v) is 6.04. The number of nitrogens with two attached hydrogens (primary N) is 1. The Morgan fingerprint density at radius 1 is 1.56 bits per heavy atom. The summed E-state index contributed by atoms with van der Waals surface area (Å²) in [5.41, 5.74) is 7.21. The maximum atomic E-state index is 11.5. The second kappa shape index (κ2) is 7.50. The van der Waals surface area contributed by atoms with E-state index in [4.69, 9.17) is 10.8 Å². The Hall–Kier alpha value is -1.81. The summed E-state index contributed by atoms with van der Waals surface area (Å²) in [6.07, 6.45) is 3.90. The second-order valence-corrected chi connectivity index (χ2v) is 4.37. The van der Waals surface area contributed by atoms with Crippen molar-refractivity contribution in [1.82, 2.24) is 5.32 Å². The maximum Gasteiger partial charge on any atom is 0.244 e. The third-order valence-electron chi connectivity index (χ3n) is 2.58. The van der Waals surface area contributed by atoms with Gasteiger partial charge in [0.25, 0.3) is 0 Å². The summed E-state index contributed by atoms with van der Waals surface area (Å²) in [6.45, 7) is 2.70. The smallest absolute Gasteiger partial charge is 0.244 e. The van der Waals surface area contributed by atoms with Crippen molar-refractivity contribution in [3.05, 3.63) is 35.9 Å². The van der Waals surface area contributed by atoms with Gasteiger partial charge in [0.05, 0.1) is 0 Å². The Morgan fingerprint density at radius 3 is 3.00 bits per heavy atom. The number of carbonyl (C=O) groups excluding carboxylic acids is 1. The molecule has 4 nitrogen and oxygen atoms in total. The molecule has 1 unspecified atom stereocenters. The van der Waals surface area contributed by atoms with Crippen molar-refractivity contribution in [1.29, 1.82) is 0 Å². The molecule has 0 heterocycles. The fourth-order valence-electron chi connectivity index (χ4n) is 1.49. The van der Waals surface area contributed by atoms with Gasteiger partial charge in [0.15, 0.2) is 0 Å². The zero-order valence-electron chi connectivity index (χ0n) is 10.6. The first-order chi connectivity index (χ1) is 8.61. The summed E-state index contributed by atoms with van der Waals surface area (Å²) in [6, 6.07) is 7.33. The molecule has 0 bridgehead atoms. The molecular weight excluding hydrogens is 228 g/mol. The van der Waals surface area contributed by atoms with Crippen LogP contribution in [-0.2, 0) is 4.79 Å². The Bertz CT molecular complexity index is 416. The molecule has 0 aliphatic heterocycles. The molecular formula is C14H20N2O2. The number of nitrogen functional groups attached to an aromatic ring is 1. The zero-order valence-corrected chi connectivity index (χ0v) is 10.6. The molecule has 0 radical (unpaired) electrons. The van der Waals surface area contributed by atoms with Gasteiger partial charge < -0.3 is 16.2 Å². The molecule has 4 heteroatoms. The quantitative estimate of drug-likeness (QED) is 0.526. The lowest BCUT2D eigenvalue weighted by molar-refractivity contribution is -0.116. The first kappa shape index (κ1) is 14.3. The third-order valence-corrected chi connectivity index (χ3v) is 2.58. The minimum atomic E-state index is -0.137. The van der Waals surface area contributed by atoms with Crippen molar-refractivity contribution in [2.24, 2.45) is 5.92 Å². The Labute approximate surface area is 108 Å². The lowest BCUT2D eigenvalue weighted by Gasteiger charge is -2.09. The minimum Gasteiger partial charge on any atom is -0.399 e. The van der Waals surface area contributed by atoms with E-state index in [1.807, 2.05) is 19.1 Å². The summed E-state index contributed by atoms with van der Waals surface area (Å²) in [5, 5.41) is 11.5. The predicted molar refractivity (Wildman–Crippen MR) is 73.8 cm³/mol. The van der Waals surface area contributed by atoms with E-state index in [0.29, 0.717) is 18.7 Å². The molecule has 0 saturated carbocycles. The topological polar surface area (TPSA) is 75.3 Å². The van der Waals surface area contributed by atoms with Crippen LogP contribution >= 0.6 is 0 Å². The molecule has 1 aromatic carbocycles. The normalized spacial score (nSPS) is 12.6. The molecule has 98 valence electrons. The van der Waals surface area contributed by atoms with Crippen LogP contribution in [0.2, 0.25) is 0 Å². The van der Waals surface area contributed by atoms with Crippen molar-refractivity contribution in [2.75, 3.05) is 18.9 Å². The predicted octanol–water partition coefficient (Wildman–Crippen LogP) is 1.42. The minimum absolute atomic E-state index is 0.137. The fraction of sp³-hybridized carbons (Fsp3) is 0.357. The van der Waals surface area contributed by atoms with Gasteiger partial charge in [-0.2, -0.15) is 0 Å². The summed E-state index contributed by atoms with van der Waals surface area (Å²) < 4.78 is 0. The summed E-state index contributed by atoms with van der Waals surface area (Å²) in [5.74, 6) is 0.141. The van der Waals surface area contributed by atoms with Crippen LogP contribution in [0.25, 0.3) is 6.08 Å². The monoisotopic (exact) mass is 248 g/mol. The lowest BCUT2D eigenvalue weighted by Crippen LogP contribution is -2.26. The van der Waals surface area contributed by atoms with Gasteiger partial charge in [-0.3, -0.25) is 4.79 Å². The number of hydrogen-bond donors (Lipinski definition) is 3. The average Bonchev–Trinajstić information content (AvgIpc) is 2.34. The average molecular weight is 248 g/mol. The number of carbonyl (C=O) groups is 1. The van der Waals surface area contributed by atoms with Gasteiger partial charge in [0.2, 0.25) is 5.91 Å². The maximum absolute atomic E-state index is 11.5. The van der Waals surface area contributed by atoms with Gasteiger partial charge in [0, 0.05) is 24.9 Å². The molecule has 1 aromatic rings. The molecule has 18 heavy (non-hydrogen) atoms. The van der Waals surface area contributed by atoms with Crippen LogP contribution in [0, 0.1) is 5.92 Å². The molecule has 1 amide bonds. The van der Waals surface area contributed by atoms with Gasteiger partial charge in [0.1, 0.15) is 0 Å². The van der Waals surface area contributed by atoms with Gasteiger partial charge in [-0.25, -0.2) is 0 Å². The van der Waals surface area contributed by atoms with E-state index >= 15 is 0 Å². The van der Waals surface area contributed by atoms with Crippen LogP contribution in [0.5, 0.6) is 0 Å². The first-order valence-electron chi connectivity index (χ1n) is 6.04. The van der Waals surface area contributed by atoms with Crippen LogP contribution < -0.4 is 11.1 Å². The van der Waals surface area contributed by atoms with Gasteiger partial charge in [-0.05, 0) is 36.1 Å². The van der Waals surface area contributed by atoms with E-state index in [0.717, 1.165) is 5.56 Å². The molecule has 4 N–H and O–H groups in total. The van der Waals surface area contributed by atoms with Crippen LogP contribution in [0.15, 0.2) is 30.3 Å². The Balaban J connectivity index is 2.40. The third kappa shape index (κ3) is 5.50. The number of benzene rings is 1. The van der Waals surface area contributed by atoms with E-state index in [1.54, 1.807) is 18.2 Å². The van der Waals surface area contributed by atoms with Gasteiger partial charge in [-0.15, -0.1) is 0 Å². The van der Waals surface area contributed by atoms with E-state index in [1.165, 1.54) is 6.08 Å². The van der Waals surface area contributed by atoms with Crippen molar-refractivity contribution in [3.63, 3.8) is 0 Å². The highest BCUT2D eigenvalue weighted by molar-refractivity contribution is 5.91. The van der Waals surface area contributed by atoms with E-state index in [9.17, 15) is 4.79 Å².